The Kier molecular flexibility index (Phi) is 4.09. The van der Waals surface area contributed by atoms with Crippen LogP contribution in [0.15, 0.2) is 35.7 Å². The molecule has 0 spiro atoms. The molecule has 2 atom stereocenters. The van der Waals surface area contributed by atoms with Crippen molar-refractivity contribution < 1.29 is 8.78 Å². The summed E-state index contributed by atoms with van der Waals surface area (Å²) < 4.78 is 26.0. The zero-order valence-corrected chi connectivity index (χ0v) is 11.1. The molecule has 0 bridgehead atoms. The van der Waals surface area contributed by atoms with Crippen molar-refractivity contribution >= 4 is 11.3 Å². The molecule has 0 amide bonds. The number of hydrogen-bond acceptors (Lipinski definition) is 2. The molecule has 0 radical (unpaired) electrons. The van der Waals surface area contributed by atoms with Crippen molar-refractivity contribution in [3.8, 4) is 0 Å². The molecule has 0 fully saturated rings. The lowest BCUT2D eigenvalue weighted by Crippen LogP contribution is -2.21. The summed E-state index contributed by atoms with van der Waals surface area (Å²) in [6.45, 7) is 4.00. The smallest absolute Gasteiger partial charge is 0.159 e. The van der Waals surface area contributed by atoms with Gasteiger partial charge in [-0.2, -0.15) is 0 Å². The maximum absolute atomic E-state index is 13.1. The third-order valence-electron chi connectivity index (χ3n) is 2.91. The lowest BCUT2D eigenvalue weighted by atomic mass is 10.1. The van der Waals surface area contributed by atoms with Crippen LogP contribution in [0.2, 0.25) is 0 Å². The number of nitrogens with one attached hydrogen (secondary N) is 1. The van der Waals surface area contributed by atoms with Crippen molar-refractivity contribution in [2.24, 2.45) is 0 Å². The van der Waals surface area contributed by atoms with Crippen LogP contribution in [-0.4, -0.2) is 0 Å². The van der Waals surface area contributed by atoms with E-state index in [1.165, 1.54) is 17.0 Å². The van der Waals surface area contributed by atoms with Crippen molar-refractivity contribution in [3.05, 3.63) is 57.8 Å². The standard InChI is InChI=1S/C14H15F2NS/c1-9(11-5-6-12(15)13(16)8-11)17-10(2)14-4-3-7-18-14/h3-10,17H,1-2H3/t9?,10-/m1/s1. The van der Waals surface area contributed by atoms with E-state index in [0.29, 0.717) is 0 Å². The van der Waals surface area contributed by atoms with Crippen LogP contribution in [0.4, 0.5) is 8.78 Å². The third kappa shape index (κ3) is 2.94. The molecule has 2 rings (SSSR count). The van der Waals surface area contributed by atoms with E-state index in [4.69, 9.17) is 0 Å². The fourth-order valence-electron chi connectivity index (χ4n) is 1.87. The zero-order valence-electron chi connectivity index (χ0n) is 10.3. The van der Waals surface area contributed by atoms with E-state index < -0.39 is 11.6 Å². The quantitative estimate of drug-likeness (QED) is 0.863. The van der Waals surface area contributed by atoms with Gasteiger partial charge in [-0.1, -0.05) is 12.1 Å². The van der Waals surface area contributed by atoms with Crippen LogP contribution >= 0.6 is 11.3 Å². The first-order chi connectivity index (χ1) is 8.58. The summed E-state index contributed by atoms with van der Waals surface area (Å²) in [5.74, 6) is -1.61. The Balaban J connectivity index is 2.07. The summed E-state index contributed by atoms with van der Waals surface area (Å²) in [6.07, 6.45) is 0. The molecule has 1 unspecified atom stereocenters. The Morgan fingerprint density at radius 3 is 2.44 bits per heavy atom. The first kappa shape index (κ1) is 13.2. The Bertz CT molecular complexity index is 511. The number of benzene rings is 1. The van der Waals surface area contributed by atoms with Gasteiger partial charge in [-0.3, -0.25) is 0 Å². The van der Waals surface area contributed by atoms with Gasteiger partial charge in [0.25, 0.3) is 0 Å². The summed E-state index contributed by atoms with van der Waals surface area (Å²) >= 11 is 1.68. The van der Waals surface area contributed by atoms with Crippen LogP contribution < -0.4 is 5.32 Å². The summed E-state index contributed by atoms with van der Waals surface area (Å²) in [5, 5.41) is 5.39. The molecule has 0 saturated carbocycles. The highest BCUT2D eigenvalue weighted by Crippen LogP contribution is 2.23. The number of halogens is 2. The van der Waals surface area contributed by atoms with E-state index in [1.807, 2.05) is 18.4 Å². The highest BCUT2D eigenvalue weighted by molar-refractivity contribution is 7.10. The fourth-order valence-corrected chi connectivity index (χ4v) is 2.62. The minimum Gasteiger partial charge on any atom is -0.303 e. The van der Waals surface area contributed by atoms with Gasteiger partial charge in [-0.05, 0) is 43.0 Å². The van der Waals surface area contributed by atoms with E-state index in [-0.39, 0.29) is 12.1 Å². The topological polar surface area (TPSA) is 12.0 Å². The van der Waals surface area contributed by atoms with E-state index in [2.05, 4.69) is 18.3 Å². The maximum atomic E-state index is 13.1. The monoisotopic (exact) mass is 267 g/mol. The molecule has 1 aromatic carbocycles. The maximum Gasteiger partial charge on any atom is 0.159 e. The molecule has 0 aliphatic heterocycles. The molecular formula is C14H15F2NS. The molecule has 18 heavy (non-hydrogen) atoms. The van der Waals surface area contributed by atoms with Crippen molar-refractivity contribution in [2.75, 3.05) is 0 Å². The summed E-state index contributed by atoms with van der Waals surface area (Å²) in [5.41, 5.74) is 0.748. The zero-order chi connectivity index (χ0) is 13.1. The van der Waals surface area contributed by atoms with Gasteiger partial charge in [0.05, 0.1) is 0 Å². The SMILES string of the molecule is CC(N[C@H](C)c1cccs1)c1ccc(F)c(F)c1. The van der Waals surface area contributed by atoms with E-state index in [9.17, 15) is 8.78 Å². The van der Waals surface area contributed by atoms with Crippen LogP contribution in [-0.2, 0) is 0 Å². The van der Waals surface area contributed by atoms with Gasteiger partial charge >= 0.3 is 0 Å². The lowest BCUT2D eigenvalue weighted by Gasteiger charge is -2.19. The lowest BCUT2D eigenvalue weighted by molar-refractivity contribution is 0.483. The molecule has 2 aromatic rings. The normalized spacial score (nSPS) is 14.4. The van der Waals surface area contributed by atoms with Crippen molar-refractivity contribution in [2.45, 2.75) is 25.9 Å². The number of hydrogen-bond donors (Lipinski definition) is 1. The van der Waals surface area contributed by atoms with Gasteiger partial charge < -0.3 is 5.32 Å². The first-order valence-corrected chi connectivity index (χ1v) is 6.70. The molecule has 1 N–H and O–H groups in total. The van der Waals surface area contributed by atoms with E-state index in [0.717, 1.165) is 5.56 Å². The van der Waals surface area contributed by atoms with Gasteiger partial charge in [-0.25, -0.2) is 8.78 Å². The van der Waals surface area contributed by atoms with Gasteiger partial charge in [0.15, 0.2) is 11.6 Å². The van der Waals surface area contributed by atoms with Crippen LogP contribution in [0.25, 0.3) is 0 Å². The summed E-state index contributed by atoms with van der Waals surface area (Å²) in [6, 6.07) is 8.23. The van der Waals surface area contributed by atoms with Gasteiger partial charge in [0, 0.05) is 17.0 Å². The minimum absolute atomic E-state index is 0.0304. The van der Waals surface area contributed by atoms with Crippen LogP contribution in [0, 0.1) is 11.6 Å². The van der Waals surface area contributed by atoms with E-state index >= 15 is 0 Å². The Labute approximate surface area is 109 Å². The highest BCUT2D eigenvalue weighted by atomic mass is 32.1. The van der Waals surface area contributed by atoms with E-state index in [1.54, 1.807) is 17.4 Å². The average molecular weight is 267 g/mol. The van der Waals surface area contributed by atoms with Gasteiger partial charge in [0.1, 0.15) is 0 Å². The summed E-state index contributed by atoms with van der Waals surface area (Å²) in [4.78, 5) is 1.23. The second-order valence-electron chi connectivity index (χ2n) is 4.30. The largest absolute Gasteiger partial charge is 0.303 e. The second kappa shape index (κ2) is 5.59. The third-order valence-corrected chi connectivity index (χ3v) is 3.97. The summed E-state index contributed by atoms with van der Waals surface area (Å²) in [7, 11) is 0. The Morgan fingerprint density at radius 1 is 1.06 bits per heavy atom. The second-order valence-corrected chi connectivity index (χ2v) is 5.28. The van der Waals surface area contributed by atoms with Crippen LogP contribution in [0.3, 0.4) is 0 Å². The number of rotatable bonds is 4. The molecule has 0 aliphatic rings. The predicted octanol–water partition coefficient (Wildman–Crippen LogP) is 4.44. The van der Waals surface area contributed by atoms with Gasteiger partial charge in [-0.15, -0.1) is 11.3 Å². The predicted molar refractivity (Wildman–Crippen MR) is 70.6 cm³/mol. The Hall–Kier alpha value is -1.26. The van der Waals surface area contributed by atoms with Crippen molar-refractivity contribution in [1.29, 1.82) is 0 Å². The molecule has 1 nitrogen and oxygen atoms in total. The van der Waals surface area contributed by atoms with Crippen molar-refractivity contribution in [1.82, 2.24) is 5.32 Å². The molecule has 1 heterocycles. The molecular weight excluding hydrogens is 252 g/mol. The molecule has 4 heteroatoms. The Morgan fingerprint density at radius 2 is 1.83 bits per heavy atom. The molecule has 0 aliphatic carbocycles. The first-order valence-electron chi connectivity index (χ1n) is 5.82. The molecule has 1 aromatic heterocycles. The van der Waals surface area contributed by atoms with Gasteiger partial charge in [0.2, 0.25) is 0 Å². The highest BCUT2D eigenvalue weighted by Gasteiger charge is 2.13. The molecule has 96 valence electrons. The average Bonchev–Trinajstić information content (AvgIpc) is 2.86. The number of thiophene rings is 1. The van der Waals surface area contributed by atoms with Crippen molar-refractivity contribution in [3.63, 3.8) is 0 Å². The fraction of sp³-hybridized carbons (Fsp3) is 0.286. The van der Waals surface area contributed by atoms with Crippen LogP contribution in [0.5, 0.6) is 0 Å². The molecule has 0 saturated heterocycles. The van der Waals surface area contributed by atoms with Crippen LogP contribution in [0.1, 0.15) is 36.4 Å². The minimum atomic E-state index is -0.808.